The Bertz CT molecular complexity index is 273. The van der Waals surface area contributed by atoms with Crippen molar-refractivity contribution >= 4 is 0 Å². The minimum atomic E-state index is 0.280. The third kappa shape index (κ3) is 2.02. The van der Waals surface area contributed by atoms with Gasteiger partial charge in [0.25, 0.3) is 0 Å². The molecule has 0 spiro atoms. The van der Waals surface area contributed by atoms with E-state index in [1.165, 1.54) is 25.7 Å². The van der Waals surface area contributed by atoms with Crippen LogP contribution in [-0.4, -0.2) is 32.2 Å². The van der Waals surface area contributed by atoms with Crippen molar-refractivity contribution in [1.29, 1.82) is 0 Å². The van der Waals surface area contributed by atoms with Crippen LogP contribution in [-0.2, 0) is 0 Å². The fraction of sp³-hybridized carbons (Fsp3) is 1.00. The summed E-state index contributed by atoms with van der Waals surface area (Å²) in [4.78, 5) is 0. The van der Waals surface area contributed by atoms with Gasteiger partial charge in [0.1, 0.15) is 0 Å². The molecule has 0 saturated carbocycles. The van der Waals surface area contributed by atoms with E-state index >= 15 is 0 Å². The zero-order valence-corrected chi connectivity index (χ0v) is 13.7. The van der Waals surface area contributed by atoms with Crippen molar-refractivity contribution in [3.8, 4) is 0 Å². The van der Waals surface area contributed by atoms with E-state index < -0.39 is 0 Å². The molecule has 0 aliphatic carbocycles. The Morgan fingerprint density at radius 3 is 0.778 bits per heavy atom. The van der Waals surface area contributed by atoms with Gasteiger partial charge in [-0.1, -0.05) is 0 Å². The molecule has 0 N–H and O–H groups in total. The van der Waals surface area contributed by atoms with E-state index in [0.717, 1.165) is 0 Å². The highest BCUT2D eigenvalue weighted by atomic mass is 15.7. The standard InChI is InChI=1S/C16H32N2/c1-13(2)9-10-14(3,4)17(13)18-15(5,6)11-12-16(18,7)8/h9-12H2,1-8H3. The van der Waals surface area contributed by atoms with E-state index in [4.69, 9.17) is 0 Å². The Balaban J connectivity index is 2.45. The summed E-state index contributed by atoms with van der Waals surface area (Å²) in [5.41, 5.74) is 1.12. The van der Waals surface area contributed by atoms with Gasteiger partial charge in [0.15, 0.2) is 0 Å². The van der Waals surface area contributed by atoms with Crippen LogP contribution in [0.1, 0.15) is 81.1 Å². The fourth-order valence-corrected chi connectivity index (χ4v) is 4.37. The van der Waals surface area contributed by atoms with Crippen LogP contribution in [0.3, 0.4) is 0 Å². The summed E-state index contributed by atoms with van der Waals surface area (Å²) >= 11 is 0. The van der Waals surface area contributed by atoms with Gasteiger partial charge in [-0.3, -0.25) is 0 Å². The monoisotopic (exact) mass is 252 g/mol. The predicted octanol–water partition coefficient (Wildman–Crippen LogP) is 4.21. The fourth-order valence-electron chi connectivity index (χ4n) is 4.37. The van der Waals surface area contributed by atoms with Crippen LogP contribution in [0.2, 0.25) is 0 Å². The average molecular weight is 252 g/mol. The van der Waals surface area contributed by atoms with Gasteiger partial charge >= 0.3 is 0 Å². The molecule has 2 aliphatic heterocycles. The van der Waals surface area contributed by atoms with E-state index in [0.29, 0.717) is 0 Å². The van der Waals surface area contributed by atoms with Crippen molar-refractivity contribution in [2.24, 2.45) is 0 Å². The van der Waals surface area contributed by atoms with Gasteiger partial charge < -0.3 is 0 Å². The van der Waals surface area contributed by atoms with Crippen molar-refractivity contribution in [2.75, 3.05) is 0 Å². The second kappa shape index (κ2) is 3.73. The molecule has 2 heterocycles. The molecule has 0 aromatic rings. The summed E-state index contributed by atoms with van der Waals surface area (Å²) in [5.74, 6) is 0. The third-order valence-corrected chi connectivity index (χ3v) is 5.19. The summed E-state index contributed by atoms with van der Waals surface area (Å²) in [6, 6.07) is 0. The van der Waals surface area contributed by atoms with E-state index in [1.54, 1.807) is 0 Å². The molecule has 2 fully saturated rings. The Morgan fingerprint density at radius 2 is 0.611 bits per heavy atom. The van der Waals surface area contributed by atoms with Crippen LogP contribution in [0.4, 0.5) is 0 Å². The topological polar surface area (TPSA) is 6.48 Å². The van der Waals surface area contributed by atoms with Gasteiger partial charge in [-0.15, -0.1) is 0 Å². The lowest BCUT2D eigenvalue weighted by atomic mass is 10.0. The highest BCUT2D eigenvalue weighted by Crippen LogP contribution is 2.50. The summed E-state index contributed by atoms with van der Waals surface area (Å²) in [6.07, 6.45) is 5.18. The number of hydrazine groups is 1. The second-order valence-corrected chi connectivity index (χ2v) is 8.87. The lowest BCUT2D eigenvalue weighted by Crippen LogP contribution is -2.66. The van der Waals surface area contributed by atoms with E-state index in [2.05, 4.69) is 65.4 Å². The molecule has 2 nitrogen and oxygen atoms in total. The first-order valence-corrected chi connectivity index (χ1v) is 7.51. The molecule has 0 radical (unpaired) electrons. The molecule has 0 amide bonds. The predicted molar refractivity (Wildman–Crippen MR) is 78.5 cm³/mol. The molecular weight excluding hydrogens is 220 g/mol. The minimum absolute atomic E-state index is 0.280. The molecule has 0 atom stereocenters. The Labute approximate surface area is 114 Å². The first kappa shape index (κ1) is 14.3. The third-order valence-electron chi connectivity index (χ3n) is 5.19. The Kier molecular flexibility index (Phi) is 2.97. The molecule has 2 saturated heterocycles. The van der Waals surface area contributed by atoms with Crippen molar-refractivity contribution in [1.82, 2.24) is 10.0 Å². The van der Waals surface area contributed by atoms with Gasteiger partial charge in [0.05, 0.1) is 0 Å². The molecule has 0 aromatic heterocycles. The van der Waals surface area contributed by atoms with Crippen molar-refractivity contribution in [3.05, 3.63) is 0 Å². The number of hydrogen-bond donors (Lipinski definition) is 0. The normalized spacial score (nSPS) is 34.0. The molecule has 0 aromatic carbocycles. The smallest absolute Gasteiger partial charge is 0.0307 e. The van der Waals surface area contributed by atoms with Crippen molar-refractivity contribution in [2.45, 2.75) is 103 Å². The summed E-state index contributed by atoms with van der Waals surface area (Å²) < 4.78 is 0. The number of rotatable bonds is 1. The van der Waals surface area contributed by atoms with Crippen LogP contribution in [0, 0.1) is 0 Å². The molecule has 2 heteroatoms. The summed E-state index contributed by atoms with van der Waals surface area (Å²) in [5, 5.41) is 5.43. The van der Waals surface area contributed by atoms with E-state index in [9.17, 15) is 0 Å². The minimum Gasteiger partial charge on any atom is -0.230 e. The van der Waals surface area contributed by atoms with Crippen LogP contribution in [0.15, 0.2) is 0 Å². The molecule has 106 valence electrons. The first-order valence-electron chi connectivity index (χ1n) is 7.51. The van der Waals surface area contributed by atoms with Crippen LogP contribution >= 0.6 is 0 Å². The zero-order valence-electron chi connectivity index (χ0n) is 13.7. The maximum atomic E-state index is 2.72. The van der Waals surface area contributed by atoms with Gasteiger partial charge in [-0.25, -0.2) is 10.0 Å². The van der Waals surface area contributed by atoms with Crippen LogP contribution in [0.25, 0.3) is 0 Å². The van der Waals surface area contributed by atoms with Gasteiger partial charge in [-0.05, 0) is 81.1 Å². The number of nitrogens with zero attached hydrogens (tertiary/aromatic N) is 2. The summed E-state index contributed by atoms with van der Waals surface area (Å²) in [6.45, 7) is 19.3. The van der Waals surface area contributed by atoms with Gasteiger partial charge in [0.2, 0.25) is 0 Å². The van der Waals surface area contributed by atoms with E-state index in [-0.39, 0.29) is 22.2 Å². The maximum absolute atomic E-state index is 2.72. The molecule has 18 heavy (non-hydrogen) atoms. The zero-order chi connectivity index (χ0) is 14.0. The lowest BCUT2D eigenvalue weighted by molar-refractivity contribution is -0.200. The number of hydrogen-bond acceptors (Lipinski definition) is 2. The first-order chi connectivity index (χ1) is 7.90. The van der Waals surface area contributed by atoms with Crippen molar-refractivity contribution in [3.63, 3.8) is 0 Å². The highest BCUT2D eigenvalue weighted by molar-refractivity contribution is 5.07. The molecule has 0 bridgehead atoms. The van der Waals surface area contributed by atoms with Gasteiger partial charge in [-0.2, -0.15) is 0 Å². The SMILES string of the molecule is CC1(C)CCC(C)(C)N1N1C(C)(C)CCC1(C)C. The lowest BCUT2D eigenvalue weighted by Gasteiger charge is -2.56. The molecule has 2 aliphatic rings. The Hall–Kier alpha value is -0.0800. The average Bonchev–Trinajstić information content (AvgIpc) is 2.49. The summed E-state index contributed by atoms with van der Waals surface area (Å²) in [7, 11) is 0. The van der Waals surface area contributed by atoms with Crippen LogP contribution < -0.4 is 0 Å². The quantitative estimate of drug-likeness (QED) is 0.690. The van der Waals surface area contributed by atoms with Gasteiger partial charge in [0, 0.05) is 22.2 Å². The van der Waals surface area contributed by atoms with E-state index in [1.807, 2.05) is 0 Å². The van der Waals surface area contributed by atoms with Crippen LogP contribution in [0.5, 0.6) is 0 Å². The molecular formula is C16H32N2. The Morgan fingerprint density at radius 1 is 0.444 bits per heavy atom. The molecule has 0 unspecified atom stereocenters. The maximum Gasteiger partial charge on any atom is 0.0307 e. The second-order valence-electron chi connectivity index (χ2n) is 8.87. The largest absolute Gasteiger partial charge is 0.230 e. The molecule has 2 rings (SSSR count). The van der Waals surface area contributed by atoms with Crippen molar-refractivity contribution < 1.29 is 0 Å². The highest BCUT2D eigenvalue weighted by Gasteiger charge is 2.56.